The molecule has 0 saturated heterocycles. The molecule has 1 amide bonds. The van der Waals surface area contributed by atoms with Crippen LogP contribution in [0.25, 0.3) is 0 Å². The molecule has 0 bridgehead atoms. The van der Waals surface area contributed by atoms with Gasteiger partial charge in [0.05, 0.1) is 4.92 Å². The fourth-order valence-corrected chi connectivity index (χ4v) is 3.06. The van der Waals surface area contributed by atoms with E-state index in [1.165, 1.54) is 17.6 Å². The molecule has 0 fully saturated rings. The van der Waals surface area contributed by atoms with Crippen LogP contribution >= 0.6 is 23.3 Å². The van der Waals surface area contributed by atoms with Gasteiger partial charge in [-0.15, -0.1) is 0 Å². The van der Waals surface area contributed by atoms with E-state index in [9.17, 15) is 14.9 Å². The average Bonchev–Trinajstić information content (AvgIpc) is 2.32. The topological polar surface area (TPSA) is 86.2 Å². The van der Waals surface area contributed by atoms with Crippen molar-refractivity contribution in [2.75, 3.05) is 0 Å². The molecule has 0 saturated carbocycles. The van der Waals surface area contributed by atoms with E-state index in [1.54, 1.807) is 0 Å². The minimum absolute atomic E-state index is 0.171. The Morgan fingerprint density at radius 2 is 2.33 bits per heavy atom. The zero-order chi connectivity index (χ0) is 9.35. The first-order valence-electron chi connectivity index (χ1n) is 2.84. The number of carbonyl (C=O) groups is 1. The first-order chi connectivity index (χ1) is 5.48. The largest absolute Gasteiger partial charge is 0.360 e. The zero-order valence-corrected chi connectivity index (χ0v) is 8.17. The van der Waals surface area contributed by atoms with Gasteiger partial charge in [0.1, 0.15) is 0 Å². The Hall–Kier alpha value is -0.820. The molecule has 12 heavy (non-hydrogen) atoms. The van der Waals surface area contributed by atoms with Gasteiger partial charge in [-0.25, -0.2) is 0 Å². The van der Waals surface area contributed by atoms with Gasteiger partial charge in [0, 0.05) is 14.5 Å². The van der Waals surface area contributed by atoms with Gasteiger partial charge in [0.2, 0.25) is 0 Å². The number of allylic oxidation sites excluding steroid dienone is 2. The summed E-state index contributed by atoms with van der Waals surface area (Å²) in [7, 11) is -2.33. The molecule has 1 unspecified atom stereocenters. The maximum Gasteiger partial charge on any atom is 0.307 e. The van der Waals surface area contributed by atoms with E-state index >= 15 is 0 Å². The van der Waals surface area contributed by atoms with Crippen molar-refractivity contribution in [3.05, 3.63) is 32.7 Å². The highest BCUT2D eigenvalue weighted by Gasteiger charge is 2.40. The molecule has 0 aromatic heterocycles. The molecule has 0 aromatic carbocycles. The third-order valence-electron chi connectivity index (χ3n) is 1.28. The van der Waals surface area contributed by atoms with Gasteiger partial charge in [0.15, 0.2) is 0 Å². The van der Waals surface area contributed by atoms with Gasteiger partial charge in [-0.05, 0) is 26.3 Å². The third kappa shape index (κ3) is 1.25. The highest BCUT2D eigenvalue weighted by molar-refractivity contribution is 9.61. The lowest BCUT2D eigenvalue weighted by atomic mass is 10.6. The van der Waals surface area contributed by atoms with Crippen LogP contribution in [0, 0.1) is 10.1 Å². The first kappa shape index (κ1) is 9.27. The molecule has 1 aliphatic rings. The lowest BCUT2D eigenvalue weighted by Gasteiger charge is -2.17. The van der Waals surface area contributed by atoms with E-state index < -0.39 is 18.6 Å². The number of halogens is 1. The van der Waals surface area contributed by atoms with E-state index in [0.717, 1.165) is 0 Å². The maximum absolute atomic E-state index is 10.9. The molecule has 5 nitrogen and oxygen atoms in total. The second-order valence-corrected chi connectivity index (χ2v) is 7.31. The zero-order valence-electron chi connectivity index (χ0n) is 5.77. The standard InChI is InChI=1S/C5H5BrN2O3S/c6-12(5(7)9)3-1-2-4(12)8(10)11/h1-3H,(H2,7,9). The summed E-state index contributed by atoms with van der Waals surface area (Å²) < 4.78 is 0. The summed E-state index contributed by atoms with van der Waals surface area (Å²) in [5.41, 5.74) is 5.01. The van der Waals surface area contributed by atoms with Crippen molar-refractivity contribution >= 4 is 28.5 Å². The molecule has 0 aliphatic carbocycles. The number of nitrogens with zero attached hydrogens (tertiary/aromatic N) is 1. The van der Waals surface area contributed by atoms with Gasteiger partial charge < -0.3 is 5.73 Å². The van der Waals surface area contributed by atoms with Crippen LogP contribution in [0.15, 0.2) is 22.6 Å². The molecular weight excluding hydrogens is 248 g/mol. The van der Waals surface area contributed by atoms with Gasteiger partial charge in [-0.2, -0.15) is 0 Å². The van der Waals surface area contributed by atoms with Crippen molar-refractivity contribution in [2.24, 2.45) is 5.73 Å². The predicted octanol–water partition coefficient (Wildman–Crippen LogP) is 1.83. The van der Waals surface area contributed by atoms with Crippen molar-refractivity contribution in [1.29, 1.82) is 0 Å². The smallest absolute Gasteiger partial charge is 0.307 e. The Balaban J connectivity index is 3.09. The lowest BCUT2D eigenvalue weighted by Crippen LogP contribution is -2.16. The van der Waals surface area contributed by atoms with Crippen molar-refractivity contribution < 1.29 is 9.72 Å². The molecule has 0 radical (unpaired) electrons. The fraction of sp³-hybridized carbons (Fsp3) is 0. The molecule has 1 atom stereocenters. The fourth-order valence-electron chi connectivity index (χ4n) is 0.738. The van der Waals surface area contributed by atoms with E-state index in [0.29, 0.717) is 0 Å². The summed E-state index contributed by atoms with van der Waals surface area (Å²) in [6.07, 6.45) is 2.72. The van der Waals surface area contributed by atoms with Crippen LogP contribution in [0.5, 0.6) is 0 Å². The monoisotopic (exact) mass is 252 g/mol. The Labute approximate surface area is 77.0 Å². The van der Waals surface area contributed by atoms with Crippen molar-refractivity contribution in [1.82, 2.24) is 0 Å². The second kappa shape index (κ2) is 2.91. The maximum atomic E-state index is 10.9. The van der Waals surface area contributed by atoms with Gasteiger partial charge in [0.25, 0.3) is 5.24 Å². The van der Waals surface area contributed by atoms with Crippen molar-refractivity contribution in [3.8, 4) is 0 Å². The highest BCUT2D eigenvalue weighted by atomic mass is 79.9. The van der Waals surface area contributed by atoms with Crippen LogP contribution in [0.4, 0.5) is 4.79 Å². The van der Waals surface area contributed by atoms with Crippen molar-refractivity contribution in [2.45, 2.75) is 0 Å². The first-order valence-corrected chi connectivity index (χ1v) is 6.37. The molecule has 1 rings (SSSR count). The van der Waals surface area contributed by atoms with Crippen LogP contribution in [-0.2, 0) is 0 Å². The Kier molecular flexibility index (Phi) is 2.25. The van der Waals surface area contributed by atoms with Gasteiger partial charge >= 0.3 is 5.03 Å². The van der Waals surface area contributed by atoms with E-state index in [4.69, 9.17) is 5.73 Å². The van der Waals surface area contributed by atoms with Gasteiger partial charge in [-0.1, -0.05) is 0 Å². The number of nitrogens with two attached hydrogens (primary N) is 1. The third-order valence-corrected chi connectivity index (χ3v) is 5.89. The molecule has 1 aliphatic heterocycles. The number of amides is 1. The quantitative estimate of drug-likeness (QED) is 0.571. The minimum Gasteiger partial charge on any atom is -0.360 e. The van der Waals surface area contributed by atoms with Gasteiger partial charge in [-0.3, -0.25) is 14.9 Å². The Morgan fingerprint density at radius 3 is 2.67 bits per heavy atom. The van der Waals surface area contributed by atoms with Crippen LogP contribution in [0.3, 0.4) is 0 Å². The average molecular weight is 253 g/mol. The predicted molar refractivity (Wildman–Crippen MR) is 50.3 cm³/mol. The summed E-state index contributed by atoms with van der Waals surface area (Å²) in [5, 5.41) is 10.9. The van der Waals surface area contributed by atoms with Crippen LogP contribution in [-0.4, -0.2) is 10.2 Å². The summed E-state index contributed by atoms with van der Waals surface area (Å²) in [6, 6.07) is 0. The molecule has 1 heterocycles. The molecule has 66 valence electrons. The number of rotatable bonds is 1. The Bertz CT molecular complexity index is 314. The van der Waals surface area contributed by atoms with Crippen LogP contribution in [0.1, 0.15) is 0 Å². The highest BCUT2D eigenvalue weighted by Crippen LogP contribution is 2.65. The van der Waals surface area contributed by atoms with E-state index in [2.05, 4.69) is 14.8 Å². The SMILES string of the molecule is NC(=O)S1(Br)C=CC=C1[N+](=O)[O-]. The summed E-state index contributed by atoms with van der Waals surface area (Å²) >= 11 is 2.99. The molecule has 2 N–H and O–H groups in total. The molecule has 7 heteroatoms. The van der Waals surface area contributed by atoms with Crippen LogP contribution < -0.4 is 5.73 Å². The number of carbonyl (C=O) groups excluding carboxylic acids is 1. The Morgan fingerprint density at radius 1 is 1.75 bits per heavy atom. The lowest BCUT2D eigenvalue weighted by molar-refractivity contribution is -0.410. The number of primary amides is 1. The number of hydrogen-bond donors (Lipinski definition) is 1. The van der Waals surface area contributed by atoms with Crippen LogP contribution in [0.2, 0.25) is 0 Å². The number of hydrogen-bond acceptors (Lipinski definition) is 3. The number of nitro groups is 1. The van der Waals surface area contributed by atoms with E-state index in [1.807, 2.05) is 0 Å². The normalized spacial score (nSPS) is 32.2. The molecule has 0 spiro atoms. The molecule has 0 aromatic rings. The summed E-state index contributed by atoms with van der Waals surface area (Å²) in [4.78, 5) is 20.7. The van der Waals surface area contributed by atoms with E-state index in [-0.39, 0.29) is 5.03 Å². The molecular formula is C5H5BrN2O3S. The summed E-state index contributed by atoms with van der Waals surface area (Å²) in [6.45, 7) is 0. The van der Waals surface area contributed by atoms with Crippen molar-refractivity contribution in [3.63, 3.8) is 0 Å². The minimum atomic E-state index is -2.33. The summed E-state index contributed by atoms with van der Waals surface area (Å²) in [5.74, 6) is 0. The second-order valence-electron chi connectivity index (χ2n) is 1.99.